The first kappa shape index (κ1) is 14.9. The first-order chi connectivity index (χ1) is 9.15. The number of nitrogens with zero attached hydrogens (tertiary/aromatic N) is 1. The number of nitrogens with one attached hydrogen (secondary N) is 1. The molecule has 0 saturated heterocycles. The van der Waals surface area contributed by atoms with Crippen molar-refractivity contribution in [2.24, 2.45) is 0 Å². The van der Waals surface area contributed by atoms with E-state index in [2.05, 4.69) is 10.3 Å². The van der Waals surface area contributed by atoms with Crippen LogP contribution in [0, 0.1) is 13.8 Å². The van der Waals surface area contributed by atoms with Crippen LogP contribution in [-0.4, -0.2) is 10.9 Å². The van der Waals surface area contributed by atoms with Gasteiger partial charge in [0.1, 0.15) is 0 Å². The highest BCUT2D eigenvalue weighted by Crippen LogP contribution is 2.10. The van der Waals surface area contributed by atoms with Crippen molar-refractivity contribution in [3.63, 3.8) is 0 Å². The van der Waals surface area contributed by atoms with Gasteiger partial charge < -0.3 is 5.32 Å². The summed E-state index contributed by atoms with van der Waals surface area (Å²) in [6.45, 7) is 7.86. The topological polar surface area (TPSA) is 42.0 Å². The lowest BCUT2D eigenvalue weighted by Gasteiger charge is -2.06. The lowest BCUT2D eigenvalue weighted by Crippen LogP contribution is -2.12. The van der Waals surface area contributed by atoms with Crippen molar-refractivity contribution >= 4 is 11.6 Å². The quantitative estimate of drug-likeness (QED) is 0.883. The molecule has 100 valence electrons. The summed E-state index contributed by atoms with van der Waals surface area (Å²) in [6, 6.07) is 11.1. The molecule has 1 N–H and O–H groups in total. The number of benzene rings is 1. The molecule has 1 amide bonds. The van der Waals surface area contributed by atoms with Crippen LogP contribution < -0.4 is 5.32 Å². The number of rotatable bonds is 2. The van der Waals surface area contributed by atoms with Gasteiger partial charge in [-0.25, -0.2) is 0 Å². The van der Waals surface area contributed by atoms with Crippen molar-refractivity contribution in [3.05, 3.63) is 59.4 Å². The van der Waals surface area contributed by atoms with Crippen LogP contribution in [0.25, 0.3) is 0 Å². The Kier molecular flexibility index (Phi) is 5.73. The number of carbonyl (C=O) groups excluding carboxylic acids is 1. The second-order valence-corrected chi connectivity index (χ2v) is 4.01. The number of pyridine rings is 1. The summed E-state index contributed by atoms with van der Waals surface area (Å²) in [6.07, 6.45) is 1.68. The summed E-state index contributed by atoms with van der Waals surface area (Å²) in [7, 11) is 0. The number of aromatic nitrogens is 1. The fraction of sp³-hybridized carbons (Fsp3) is 0.250. The highest BCUT2D eigenvalue weighted by atomic mass is 16.1. The number of hydrogen-bond donors (Lipinski definition) is 1. The first-order valence-electron chi connectivity index (χ1n) is 6.46. The van der Waals surface area contributed by atoms with E-state index in [9.17, 15) is 4.79 Å². The number of hydrogen-bond acceptors (Lipinski definition) is 2. The summed E-state index contributed by atoms with van der Waals surface area (Å²) in [4.78, 5) is 16.0. The number of amides is 1. The Morgan fingerprint density at radius 2 is 1.84 bits per heavy atom. The minimum Gasteiger partial charge on any atom is -0.322 e. The molecule has 0 aliphatic heterocycles. The van der Waals surface area contributed by atoms with Crippen LogP contribution in [-0.2, 0) is 0 Å². The predicted molar refractivity (Wildman–Crippen MR) is 79.5 cm³/mol. The van der Waals surface area contributed by atoms with Crippen molar-refractivity contribution in [1.82, 2.24) is 4.98 Å². The number of anilines is 1. The summed E-state index contributed by atoms with van der Waals surface area (Å²) in [5.74, 6) is -0.0979. The van der Waals surface area contributed by atoms with Crippen LogP contribution in [0.1, 0.15) is 35.5 Å². The van der Waals surface area contributed by atoms with Gasteiger partial charge in [-0.05, 0) is 38.1 Å². The zero-order chi connectivity index (χ0) is 14.3. The molecule has 3 nitrogen and oxygen atoms in total. The maximum Gasteiger partial charge on any atom is 0.255 e. The molecule has 0 saturated carbocycles. The van der Waals surface area contributed by atoms with E-state index in [1.807, 2.05) is 52.0 Å². The molecule has 0 radical (unpaired) electrons. The molecule has 3 heteroatoms. The van der Waals surface area contributed by atoms with Gasteiger partial charge in [0.25, 0.3) is 5.91 Å². The molecule has 0 atom stereocenters. The minimum atomic E-state index is -0.0979. The third-order valence-electron chi connectivity index (χ3n) is 2.43. The van der Waals surface area contributed by atoms with Crippen molar-refractivity contribution in [2.45, 2.75) is 27.7 Å². The lowest BCUT2D eigenvalue weighted by molar-refractivity contribution is 0.102. The Hall–Kier alpha value is -2.16. The van der Waals surface area contributed by atoms with Gasteiger partial charge in [-0.15, -0.1) is 0 Å². The van der Waals surface area contributed by atoms with E-state index < -0.39 is 0 Å². The zero-order valence-corrected chi connectivity index (χ0v) is 11.9. The van der Waals surface area contributed by atoms with Crippen molar-refractivity contribution < 1.29 is 4.79 Å². The molecule has 0 unspecified atom stereocenters. The average Bonchev–Trinajstić information content (AvgIpc) is 2.41. The van der Waals surface area contributed by atoms with Gasteiger partial charge >= 0.3 is 0 Å². The summed E-state index contributed by atoms with van der Waals surface area (Å²) < 4.78 is 0. The van der Waals surface area contributed by atoms with E-state index in [4.69, 9.17) is 0 Å². The van der Waals surface area contributed by atoms with Gasteiger partial charge in [-0.1, -0.05) is 31.5 Å². The average molecular weight is 256 g/mol. The van der Waals surface area contributed by atoms with Crippen LogP contribution >= 0.6 is 0 Å². The van der Waals surface area contributed by atoms with Crippen molar-refractivity contribution in [3.8, 4) is 0 Å². The van der Waals surface area contributed by atoms with Gasteiger partial charge in [-0.3, -0.25) is 9.78 Å². The minimum absolute atomic E-state index is 0.0979. The Labute approximate surface area is 114 Å². The highest BCUT2D eigenvalue weighted by Gasteiger charge is 2.05. The van der Waals surface area contributed by atoms with Gasteiger partial charge in [-0.2, -0.15) is 0 Å². The van der Waals surface area contributed by atoms with E-state index >= 15 is 0 Å². The maximum absolute atomic E-state index is 11.9. The van der Waals surface area contributed by atoms with Crippen LogP contribution in [0.5, 0.6) is 0 Å². The van der Waals surface area contributed by atoms with Crippen LogP contribution in [0.15, 0.2) is 42.6 Å². The van der Waals surface area contributed by atoms with E-state index in [0.717, 1.165) is 16.9 Å². The fourth-order valence-corrected chi connectivity index (χ4v) is 1.61. The molecule has 0 fully saturated rings. The Morgan fingerprint density at radius 3 is 2.47 bits per heavy atom. The van der Waals surface area contributed by atoms with Crippen LogP contribution in [0.3, 0.4) is 0 Å². The lowest BCUT2D eigenvalue weighted by atomic mass is 10.1. The Morgan fingerprint density at radius 1 is 1.11 bits per heavy atom. The molecule has 19 heavy (non-hydrogen) atoms. The monoisotopic (exact) mass is 256 g/mol. The molecule has 0 aliphatic rings. The standard InChI is InChI=1S/C14H14N2O.C2H6/c1-10-4-3-5-12(8-10)14(17)16-13-6-7-15-11(2)9-13;1-2/h3-9H,1-2H3,(H,15,16,17);1-2H3. The van der Waals surface area contributed by atoms with Crippen LogP contribution in [0.2, 0.25) is 0 Å². The molecule has 0 bridgehead atoms. The van der Waals surface area contributed by atoms with E-state index in [1.54, 1.807) is 18.3 Å². The van der Waals surface area contributed by atoms with E-state index in [0.29, 0.717) is 5.56 Å². The molecular formula is C16H20N2O. The second-order valence-electron chi connectivity index (χ2n) is 4.01. The van der Waals surface area contributed by atoms with Gasteiger partial charge in [0, 0.05) is 23.1 Å². The van der Waals surface area contributed by atoms with Gasteiger partial charge in [0.2, 0.25) is 0 Å². The van der Waals surface area contributed by atoms with Crippen LogP contribution in [0.4, 0.5) is 5.69 Å². The molecule has 1 heterocycles. The zero-order valence-electron chi connectivity index (χ0n) is 11.9. The molecule has 0 spiro atoms. The third kappa shape index (κ3) is 4.54. The normalized spacial score (nSPS) is 9.26. The molecule has 1 aromatic heterocycles. The largest absolute Gasteiger partial charge is 0.322 e. The maximum atomic E-state index is 11.9. The number of aryl methyl sites for hydroxylation is 2. The smallest absolute Gasteiger partial charge is 0.255 e. The molecule has 1 aromatic carbocycles. The second kappa shape index (κ2) is 7.31. The third-order valence-corrected chi connectivity index (χ3v) is 2.43. The highest BCUT2D eigenvalue weighted by molar-refractivity contribution is 6.04. The SMILES string of the molecule is CC.Cc1cccc(C(=O)Nc2ccnc(C)c2)c1. The van der Waals surface area contributed by atoms with E-state index in [1.165, 1.54) is 0 Å². The first-order valence-corrected chi connectivity index (χ1v) is 6.46. The summed E-state index contributed by atoms with van der Waals surface area (Å²) >= 11 is 0. The van der Waals surface area contributed by atoms with Crippen molar-refractivity contribution in [2.75, 3.05) is 5.32 Å². The Bertz CT molecular complexity index is 550. The van der Waals surface area contributed by atoms with Crippen molar-refractivity contribution in [1.29, 1.82) is 0 Å². The van der Waals surface area contributed by atoms with Gasteiger partial charge in [0.15, 0.2) is 0 Å². The number of carbonyl (C=O) groups is 1. The predicted octanol–water partition coefficient (Wildman–Crippen LogP) is 3.98. The van der Waals surface area contributed by atoms with Gasteiger partial charge in [0.05, 0.1) is 0 Å². The molecule has 0 aliphatic carbocycles. The summed E-state index contributed by atoms with van der Waals surface area (Å²) in [5, 5.41) is 2.85. The summed E-state index contributed by atoms with van der Waals surface area (Å²) in [5.41, 5.74) is 3.39. The molecular weight excluding hydrogens is 236 g/mol. The molecule has 2 rings (SSSR count). The molecule has 2 aromatic rings. The fourth-order valence-electron chi connectivity index (χ4n) is 1.61. The Balaban J connectivity index is 0.000000861. The van der Waals surface area contributed by atoms with E-state index in [-0.39, 0.29) is 5.91 Å².